The molecule has 0 aliphatic carbocycles. The molecule has 5 heterocycles. The van der Waals surface area contributed by atoms with E-state index in [0.717, 1.165) is 47.4 Å². The molecule has 0 unspecified atom stereocenters. The van der Waals surface area contributed by atoms with Gasteiger partial charge in [0.25, 0.3) is 0 Å². The van der Waals surface area contributed by atoms with Crippen LogP contribution in [0.2, 0.25) is 0 Å². The second kappa shape index (κ2) is 6.59. The van der Waals surface area contributed by atoms with Gasteiger partial charge in [-0.3, -0.25) is 0 Å². The van der Waals surface area contributed by atoms with E-state index in [1.54, 1.807) is 6.33 Å². The Morgan fingerprint density at radius 3 is 2.89 bits per heavy atom. The summed E-state index contributed by atoms with van der Waals surface area (Å²) >= 11 is 0. The van der Waals surface area contributed by atoms with E-state index in [2.05, 4.69) is 38.4 Å². The maximum Gasteiger partial charge on any atom is 0.178 e. The minimum Gasteiger partial charge on any atom is -0.491 e. The van der Waals surface area contributed by atoms with Crippen molar-refractivity contribution in [2.45, 2.75) is 39.0 Å². The topological polar surface area (TPSA) is 94.1 Å². The quantitative estimate of drug-likeness (QED) is 0.738. The van der Waals surface area contributed by atoms with Crippen molar-refractivity contribution in [2.24, 2.45) is 0 Å². The van der Waals surface area contributed by atoms with Crippen molar-refractivity contribution in [3.63, 3.8) is 0 Å². The van der Waals surface area contributed by atoms with Crippen LogP contribution in [0.15, 0.2) is 24.8 Å². The van der Waals surface area contributed by atoms with Crippen molar-refractivity contribution in [3.8, 4) is 28.7 Å². The summed E-state index contributed by atoms with van der Waals surface area (Å²) in [7, 11) is 0. The number of pyridine rings is 1. The number of anilines is 1. The molecule has 0 bridgehead atoms. The highest BCUT2D eigenvalue weighted by Gasteiger charge is 2.25. The fraction of sp³-hybridized carbons (Fsp3) is 0.474. The van der Waals surface area contributed by atoms with Crippen LogP contribution < -0.4 is 9.64 Å². The van der Waals surface area contributed by atoms with Gasteiger partial charge < -0.3 is 19.3 Å². The van der Waals surface area contributed by atoms with E-state index < -0.39 is 0 Å². The number of aromatic nitrogens is 6. The Morgan fingerprint density at radius 1 is 1.21 bits per heavy atom. The average molecular weight is 381 g/mol. The van der Waals surface area contributed by atoms with Crippen LogP contribution in [0.4, 0.5) is 5.82 Å². The lowest BCUT2D eigenvalue weighted by Gasteiger charge is -2.18. The van der Waals surface area contributed by atoms with Crippen molar-refractivity contribution in [1.29, 1.82) is 0 Å². The van der Waals surface area contributed by atoms with Crippen molar-refractivity contribution in [1.82, 2.24) is 29.3 Å². The van der Waals surface area contributed by atoms with Gasteiger partial charge in [0, 0.05) is 37.6 Å². The molecule has 9 heteroatoms. The SMILES string of the molecule is CC(C)n1ncnc1-c1cn2c(n1)-c1cnc(N3CC[C@@H](O)C3)cc1OCC2. The highest BCUT2D eigenvalue weighted by molar-refractivity contribution is 5.69. The van der Waals surface area contributed by atoms with Gasteiger partial charge in [-0.1, -0.05) is 0 Å². The van der Waals surface area contributed by atoms with Crippen molar-refractivity contribution >= 4 is 5.82 Å². The first-order chi connectivity index (χ1) is 13.6. The second-order valence-electron chi connectivity index (χ2n) is 7.54. The fourth-order valence-electron chi connectivity index (χ4n) is 3.81. The lowest BCUT2D eigenvalue weighted by molar-refractivity contribution is 0.198. The Morgan fingerprint density at radius 2 is 2.11 bits per heavy atom. The number of ether oxygens (including phenoxy) is 1. The molecule has 0 aromatic carbocycles. The molecule has 0 amide bonds. The Bertz CT molecular complexity index is 1010. The third-order valence-corrected chi connectivity index (χ3v) is 5.24. The molecule has 1 fully saturated rings. The molecule has 2 aliphatic rings. The number of aliphatic hydroxyl groups excluding tert-OH is 1. The monoisotopic (exact) mass is 381 g/mol. The first-order valence-electron chi connectivity index (χ1n) is 9.63. The molecule has 28 heavy (non-hydrogen) atoms. The molecule has 0 spiro atoms. The summed E-state index contributed by atoms with van der Waals surface area (Å²) in [4.78, 5) is 15.9. The van der Waals surface area contributed by atoms with Gasteiger partial charge in [-0.15, -0.1) is 0 Å². The summed E-state index contributed by atoms with van der Waals surface area (Å²) in [5.41, 5.74) is 1.66. The third kappa shape index (κ3) is 2.82. The van der Waals surface area contributed by atoms with Gasteiger partial charge in [-0.2, -0.15) is 5.10 Å². The molecule has 2 aliphatic heterocycles. The van der Waals surface area contributed by atoms with Gasteiger partial charge in [0.2, 0.25) is 0 Å². The minimum absolute atomic E-state index is 0.203. The molecule has 1 N–H and O–H groups in total. The molecule has 146 valence electrons. The third-order valence-electron chi connectivity index (χ3n) is 5.24. The first kappa shape index (κ1) is 17.2. The van der Waals surface area contributed by atoms with E-state index in [1.165, 1.54) is 0 Å². The molecular formula is C19H23N7O2. The molecule has 3 aromatic rings. The van der Waals surface area contributed by atoms with Crippen molar-refractivity contribution in [2.75, 3.05) is 24.6 Å². The van der Waals surface area contributed by atoms with Crippen LogP contribution in [0.3, 0.4) is 0 Å². The highest BCUT2D eigenvalue weighted by atomic mass is 16.5. The predicted octanol–water partition coefficient (Wildman–Crippen LogP) is 1.75. The number of aliphatic hydroxyl groups is 1. The van der Waals surface area contributed by atoms with Gasteiger partial charge in [-0.05, 0) is 20.3 Å². The number of fused-ring (bicyclic) bond motifs is 3. The van der Waals surface area contributed by atoms with Crippen molar-refractivity contribution in [3.05, 3.63) is 24.8 Å². The van der Waals surface area contributed by atoms with Crippen LogP contribution in [0.1, 0.15) is 26.3 Å². The van der Waals surface area contributed by atoms with Crippen LogP contribution >= 0.6 is 0 Å². The van der Waals surface area contributed by atoms with Crippen LogP contribution in [-0.4, -0.2) is 60.2 Å². The van der Waals surface area contributed by atoms with E-state index in [1.807, 2.05) is 23.1 Å². The molecule has 1 saturated heterocycles. The van der Waals surface area contributed by atoms with Gasteiger partial charge in [0.05, 0.1) is 18.2 Å². The standard InChI is InChI=1S/C19H23N7O2/c1-12(2)26-19(21-11-22-26)15-10-25-5-6-28-16-7-17(24-4-3-13(27)9-24)20-8-14(16)18(25)23-15/h7-8,10-13,27H,3-6,9H2,1-2H3/t13-/m1/s1. The van der Waals surface area contributed by atoms with E-state index >= 15 is 0 Å². The number of rotatable bonds is 3. The zero-order chi connectivity index (χ0) is 19.3. The van der Waals surface area contributed by atoms with Gasteiger partial charge >= 0.3 is 0 Å². The smallest absolute Gasteiger partial charge is 0.178 e. The summed E-state index contributed by atoms with van der Waals surface area (Å²) in [6.07, 6.45) is 5.86. The zero-order valence-electron chi connectivity index (χ0n) is 16.0. The van der Waals surface area contributed by atoms with E-state index in [9.17, 15) is 5.11 Å². The lowest BCUT2D eigenvalue weighted by atomic mass is 10.2. The molecule has 0 saturated carbocycles. The molecular weight excluding hydrogens is 358 g/mol. The number of β-amino-alcohol motifs (C(OH)–C–C–N with tert-alkyl or cyclic N) is 1. The first-order valence-corrected chi connectivity index (χ1v) is 9.63. The van der Waals surface area contributed by atoms with Gasteiger partial charge in [-0.25, -0.2) is 19.6 Å². The van der Waals surface area contributed by atoms with Gasteiger partial charge in [0.15, 0.2) is 5.82 Å². The second-order valence-corrected chi connectivity index (χ2v) is 7.54. The molecule has 0 radical (unpaired) electrons. The van der Waals surface area contributed by atoms with Gasteiger partial charge in [0.1, 0.15) is 36.0 Å². The summed E-state index contributed by atoms with van der Waals surface area (Å²) in [6, 6.07) is 2.16. The van der Waals surface area contributed by atoms with Crippen LogP contribution in [0.5, 0.6) is 5.75 Å². The number of hydrogen-bond acceptors (Lipinski definition) is 7. The summed E-state index contributed by atoms with van der Waals surface area (Å²) in [5, 5.41) is 14.1. The van der Waals surface area contributed by atoms with Crippen LogP contribution in [0.25, 0.3) is 22.9 Å². The highest BCUT2D eigenvalue weighted by Crippen LogP contribution is 2.35. The molecule has 5 rings (SSSR count). The van der Waals surface area contributed by atoms with E-state index in [4.69, 9.17) is 9.72 Å². The maximum absolute atomic E-state index is 9.80. The Balaban J connectivity index is 1.54. The Hall–Kier alpha value is -2.94. The summed E-state index contributed by atoms with van der Waals surface area (Å²) < 4.78 is 9.95. The van der Waals surface area contributed by atoms with Crippen LogP contribution in [0, 0.1) is 0 Å². The Kier molecular flexibility index (Phi) is 4.04. The van der Waals surface area contributed by atoms with E-state index in [0.29, 0.717) is 19.7 Å². The average Bonchev–Trinajstić information content (AvgIpc) is 3.39. The van der Waals surface area contributed by atoms with E-state index in [-0.39, 0.29) is 12.1 Å². The summed E-state index contributed by atoms with van der Waals surface area (Å²) in [6.45, 7) is 6.81. The fourth-order valence-corrected chi connectivity index (χ4v) is 3.81. The number of imidazole rings is 1. The maximum atomic E-state index is 9.80. The molecule has 3 aromatic heterocycles. The van der Waals surface area contributed by atoms with Crippen LogP contribution in [-0.2, 0) is 6.54 Å². The van der Waals surface area contributed by atoms with Crippen molar-refractivity contribution < 1.29 is 9.84 Å². The lowest BCUT2D eigenvalue weighted by Crippen LogP contribution is -2.22. The molecule has 9 nitrogen and oxygen atoms in total. The molecule has 1 atom stereocenters. The summed E-state index contributed by atoms with van der Waals surface area (Å²) in [5.74, 6) is 3.18. The number of hydrogen-bond donors (Lipinski definition) is 1. The number of nitrogens with zero attached hydrogens (tertiary/aromatic N) is 7. The minimum atomic E-state index is -0.290. The Labute approximate surface area is 162 Å². The normalized spacial score (nSPS) is 18.7. The predicted molar refractivity (Wildman–Crippen MR) is 103 cm³/mol. The largest absolute Gasteiger partial charge is 0.491 e. The zero-order valence-corrected chi connectivity index (χ0v) is 16.0.